The second-order valence-electron chi connectivity index (χ2n) is 7.15. The summed E-state index contributed by atoms with van der Waals surface area (Å²) < 4.78 is 6.66. The Balaban J connectivity index is 1.84. The minimum atomic E-state index is -1.09. The average Bonchev–Trinajstić information content (AvgIpc) is 2.77. The number of anilines is 1. The van der Waals surface area contributed by atoms with Crippen LogP contribution in [-0.2, 0) is 16.1 Å². The molecule has 1 unspecified atom stereocenters. The molecular formula is C23H24ClN3O4. The minimum Gasteiger partial charge on any atom is -0.448 e. The first-order chi connectivity index (χ1) is 14.9. The summed E-state index contributed by atoms with van der Waals surface area (Å²) in [5.41, 5.74) is 0.168. The van der Waals surface area contributed by atoms with Crippen molar-refractivity contribution in [3.63, 3.8) is 0 Å². The molecule has 0 saturated carbocycles. The number of amides is 1. The Morgan fingerprint density at radius 1 is 1.10 bits per heavy atom. The number of ether oxygens (including phenoxy) is 1. The zero-order valence-electron chi connectivity index (χ0n) is 17.4. The van der Waals surface area contributed by atoms with E-state index in [0.29, 0.717) is 28.0 Å². The number of hydrogen-bond donors (Lipinski definition) is 1. The smallest absolute Gasteiger partial charge is 0.360 e. The molecule has 0 fully saturated rings. The van der Waals surface area contributed by atoms with Gasteiger partial charge in [0.1, 0.15) is 0 Å². The van der Waals surface area contributed by atoms with Crippen LogP contribution in [0.15, 0.2) is 53.3 Å². The van der Waals surface area contributed by atoms with E-state index >= 15 is 0 Å². The first-order valence-electron chi connectivity index (χ1n) is 10.2. The Morgan fingerprint density at radius 3 is 2.48 bits per heavy atom. The molecule has 0 bridgehead atoms. The summed E-state index contributed by atoms with van der Waals surface area (Å²) in [5.74, 6) is -1.30. The van der Waals surface area contributed by atoms with Crippen LogP contribution in [0.25, 0.3) is 10.8 Å². The van der Waals surface area contributed by atoms with Crippen molar-refractivity contribution in [2.24, 2.45) is 0 Å². The van der Waals surface area contributed by atoms with Crippen molar-refractivity contribution in [2.75, 3.05) is 5.32 Å². The molecule has 1 heterocycles. The zero-order valence-corrected chi connectivity index (χ0v) is 18.2. The highest BCUT2D eigenvalue weighted by atomic mass is 35.5. The van der Waals surface area contributed by atoms with Crippen LogP contribution in [0.1, 0.15) is 43.6 Å². The highest BCUT2D eigenvalue weighted by Crippen LogP contribution is 2.21. The van der Waals surface area contributed by atoms with Crippen LogP contribution in [0, 0.1) is 0 Å². The third kappa shape index (κ3) is 5.30. The standard InChI is InChI=1S/C23H24ClN3O4/c1-3-4-9-14-27-22(29)17-11-6-5-10-16(17)20(26-27)23(30)31-15(2)21(28)25-19-13-8-7-12-18(19)24/h5-8,10-13,15H,3-4,9,14H2,1-2H3,(H,25,28). The van der Waals surface area contributed by atoms with E-state index in [1.807, 2.05) is 0 Å². The molecule has 1 atom stereocenters. The van der Waals surface area contributed by atoms with Gasteiger partial charge in [-0.1, -0.05) is 61.7 Å². The van der Waals surface area contributed by atoms with Crippen LogP contribution in [0.5, 0.6) is 0 Å². The fourth-order valence-corrected chi connectivity index (χ4v) is 3.30. The van der Waals surface area contributed by atoms with E-state index in [2.05, 4.69) is 17.3 Å². The maximum absolute atomic E-state index is 12.9. The van der Waals surface area contributed by atoms with Crippen LogP contribution in [0.4, 0.5) is 5.69 Å². The van der Waals surface area contributed by atoms with Crippen molar-refractivity contribution in [3.05, 3.63) is 69.6 Å². The van der Waals surface area contributed by atoms with E-state index in [1.165, 1.54) is 11.6 Å². The Kier molecular flexibility index (Phi) is 7.41. The van der Waals surface area contributed by atoms with E-state index < -0.39 is 18.0 Å². The number of carbonyl (C=O) groups excluding carboxylic acids is 2. The van der Waals surface area contributed by atoms with Crippen molar-refractivity contribution in [2.45, 2.75) is 45.8 Å². The molecule has 0 saturated heterocycles. The molecule has 3 rings (SSSR count). The zero-order chi connectivity index (χ0) is 22.4. The number of nitrogens with one attached hydrogen (secondary N) is 1. The third-order valence-electron chi connectivity index (χ3n) is 4.82. The van der Waals surface area contributed by atoms with Gasteiger partial charge >= 0.3 is 5.97 Å². The highest BCUT2D eigenvalue weighted by Gasteiger charge is 2.23. The molecule has 31 heavy (non-hydrogen) atoms. The van der Waals surface area contributed by atoms with Crippen molar-refractivity contribution in [3.8, 4) is 0 Å². The lowest BCUT2D eigenvalue weighted by atomic mass is 10.1. The molecule has 0 radical (unpaired) electrons. The Bertz CT molecular complexity index is 1160. The lowest BCUT2D eigenvalue weighted by molar-refractivity contribution is -0.123. The molecule has 1 aromatic heterocycles. The molecule has 2 aromatic carbocycles. The molecule has 0 aliphatic carbocycles. The fraction of sp³-hybridized carbons (Fsp3) is 0.304. The Hall–Kier alpha value is -3.19. The molecule has 0 aliphatic rings. The molecule has 8 heteroatoms. The van der Waals surface area contributed by atoms with E-state index in [-0.39, 0.29) is 11.3 Å². The predicted molar refractivity (Wildman–Crippen MR) is 120 cm³/mol. The molecule has 0 aliphatic heterocycles. The topological polar surface area (TPSA) is 90.3 Å². The van der Waals surface area contributed by atoms with Gasteiger partial charge in [-0.3, -0.25) is 9.59 Å². The summed E-state index contributed by atoms with van der Waals surface area (Å²) in [4.78, 5) is 38.1. The maximum Gasteiger partial charge on any atom is 0.360 e. The molecule has 1 N–H and O–H groups in total. The summed E-state index contributed by atoms with van der Waals surface area (Å²) in [6, 6.07) is 13.5. The van der Waals surface area contributed by atoms with Gasteiger partial charge < -0.3 is 10.1 Å². The number of aromatic nitrogens is 2. The number of nitrogens with zero attached hydrogens (tertiary/aromatic N) is 2. The van der Waals surface area contributed by atoms with E-state index in [4.69, 9.17) is 16.3 Å². The average molecular weight is 442 g/mol. The third-order valence-corrected chi connectivity index (χ3v) is 5.15. The van der Waals surface area contributed by atoms with Crippen LogP contribution >= 0.6 is 11.6 Å². The molecule has 162 valence electrons. The minimum absolute atomic E-state index is 0.00379. The van der Waals surface area contributed by atoms with E-state index in [1.54, 1.807) is 48.5 Å². The number of esters is 1. The van der Waals surface area contributed by atoms with Crippen molar-refractivity contribution in [1.29, 1.82) is 0 Å². The number of halogens is 1. The predicted octanol–water partition coefficient (Wildman–Crippen LogP) is 4.42. The van der Waals surface area contributed by atoms with Crippen LogP contribution in [0.3, 0.4) is 0 Å². The quantitative estimate of drug-likeness (QED) is 0.412. The molecular weight excluding hydrogens is 418 g/mol. The summed E-state index contributed by atoms with van der Waals surface area (Å²) in [6.45, 7) is 3.93. The van der Waals surface area contributed by atoms with Crippen LogP contribution in [-0.4, -0.2) is 27.8 Å². The lowest BCUT2D eigenvalue weighted by Crippen LogP contribution is -2.32. The molecule has 1 amide bonds. The van der Waals surface area contributed by atoms with Crippen molar-refractivity contribution < 1.29 is 14.3 Å². The van der Waals surface area contributed by atoms with Gasteiger partial charge in [-0.25, -0.2) is 9.48 Å². The van der Waals surface area contributed by atoms with Gasteiger partial charge in [0.15, 0.2) is 11.8 Å². The number of carbonyl (C=O) groups is 2. The van der Waals surface area contributed by atoms with Gasteiger partial charge in [-0.2, -0.15) is 5.10 Å². The summed E-state index contributed by atoms with van der Waals surface area (Å²) in [5, 5.41) is 8.05. The second kappa shape index (κ2) is 10.2. The van der Waals surface area contributed by atoms with Gasteiger partial charge in [-0.15, -0.1) is 0 Å². The largest absolute Gasteiger partial charge is 0.448 e. The Morgan fingerprint density at radius 2 is 1.77 bits per heavy atom. The number of benzene rings is 2. The normalized spacial score (nSPS) is 11.8. The molecule has 7 nitrogen and oxygen atoms in total. The van der Waals surface area contributed by atoms with E-state index in [0.717, 1.165) is 19.3 Å². The van der Waals surface area contributed by atoms with Gasteiger partial charge in [0, 0.05) is 11.9 Å². The lowest BCUT2D eigenvalue weighted by Gasteiger charge is -2.15. The molecule has 3 aromatic rings. The number of rotatable bonds is 8. The van der Waals surface area contributed by atoms with E-state index in [9.17, 15) is 14.4 Å². The number of unbranched alkanes of at least 4 members (excludes halogenated alkanes) is 2. The van der Waals surface area contributed by atoms with Gasteiger partial charge in [0.05, 0.1) is 16.1 Å². The van der Waals surface area contributed by atoms with Crippen LogP contribution < -0.4 is 10.9 Å². The monoisotopic (exact) mass is 441 g/mol. The summed E-state index contributed by atoms with van der Waals surface area (Å²) in [6.07, 6.45) is 1.62. The first-order valence-corrected chi connectivity index (χ1v) is 10.6. The number of para-hydroxylation sites is 1. The van der Waals surface area contributed by atoms with Gasteiger partial charge in [0.2, 0.25) is 0 Å². The number of fused-ring (bicyclic) bond motifs is 1. The van der Waals surface area contributed by atoms with Gasteiger partial charge in [0.25, 0.3) is 11.5 Å². The van der Waals surface area contributed by atoms with Crippen molar-refractivity contribution in [1.82, 2.24) is 9.78 Å². The summed E-state index contributed by atoms with van der Waals surface area (Å²) in [7, 11) is 0. The van der Waals surface area contributed by atoms with Crippen molar-refractivity contribution >= 4 is 39.9 Å². The number of aryl methyl sites for hydroxylation is 1. The SMILES string of the molecule is CCCCCn1nc(C(=O)OC(C)C(=O)Nc2ccccc2Cl)c2ccccc2c1=O. The van der Waals surface area contributed by atoms with Crippen LogP contribution in [0.2, 0.25) is 5.02 Å². The van der Waals surface area contributed by atoms with Gasteiger partial charge in [-0.05, 0) is 31.5 Å². The summed E-state index contributed by atoms with van der Waals surface area (Å²) >= 11 is 6.06. The number of hydrogen-bond acceptors (Lipinski definition) is 5. The Labute approximate surface area is 185 Å². The maximum atomic E-state index is 12.9. The highest BCUT2D eigenvalue weighted by molar-refractivity contribution is 6.33. The molecule has 0 spiro atoms. The fourth-order valence-electron chi connectivity index (χ4n) is 3.12. The first kappa shape index (κ1) is 22.5. The second-order valence-corrected chi connectivity index (χ2v) is 7.55.